The molecule has 0 fully saturated rings. The summed E-state index contributed by atoms with van der Waals surface area (Å²) >= 11 is 0. The molecule has 0 aromatic heterocycles. The summed E-state index contributed by atoms with van der Waals surface area (Å²) in [5.74, 6) is -0.843. The normalized spacial score (nSPS) is 15.3. The van der Waals surface area contributed by atoms with Crippen molar-refractivity contribution in [2.45, 2.75) is 40.4 Å². The van der Waals surface area contributed by atoms with E-state index in [4.69, 9.17) is 9.05 Å². The fourth-order valence-electron chi connectivity index (χ4n) is 1.26. The van der Waals surface area contributed by atoms with Gasteiger partial charge in [0.05, 0.1) is 13.2 Å². The average Bonchev–Trinajstić information content (AvgIpc) is 2.02. The van der Waals surface area contributed by atoms with Crippen LogP contribution in [0.2, 0.25) is 0 Å². The molecular formula is C9H21NO4P. The van der Waals surface area contributed by atoms with E-state index in [-0.39, 0.29) is 13.2 Å². The average molecular weight is 238 g/mol. The molecule has 1 atom stereocenters. The molecule has 0 saturated heterocycles. The highest BCUT2D eigenvalue weighted by Gasteiger charge is 2.43. The van der Waals surface area contributed by atoms with Crippen molar-refractivity contribution in [3.63, 3.8) is 0 Å². The molecule has 0 aliphatic heterocycles. The Morgan fingerprint density at radius 1 is 1.20 bits per heavy atom. The van der Waals surface area contributed by atoms with Crippen molar-refractivity contribution < 1.29 is 18.8 Å². The van der Waals surface area contributed by atoms with Crippen LogP contribution in [0.25, 0.3) is 0 Å². The minimum atomic E-state index is -3.37. The second-order valence-electron chi connectivity index (χ2n) is 4.26. The summed E-state index contributed by atoms with van der Waals surface area (Å²) < 4.78 is 22.5. The molecule has 0 bridgehead atoms. The first-order valence-corrected chi connectivity index (χ1v) is 6.69. The summed E-state index contributed by atoms with van der Waals surface area (Å²) in [6.45, 7) is 9.39. The van der Waals surface area contributed by atoms with Crippen molar-refractivity contribution in [1.29, 1.82) is 0 Å². The Balaban J connectivity index is 4.94. The Kier molecular flexibility index (Phi) is 5.99. The van der Waals surface area contributed by atoms with Crippen molar-refractivity contribution in [2.75, 3.05) is 13.2 Å². The maximum Gasteiger partial charge on any atom is 0.350 e. The first kappa shape index (κ1) is 15.1. The van der Waals surface area contributed by atoms with Crippen LogP contribution < -0.4 is 5.48 Å². The molecule has 0 aromatic carbocycles. The summed E-state index contributed by atoms with van der Waals surface area (Å²) in [6.07, 6.45) is 0. The summed E-state index contributed by atoms with van der Waals surface area (Å²) in [4.78, 5) is 0. The van der Waals surface area contributed by atoms with Gasteiger partial charge in [0, 0.05) is 0 Å². The highest BCUT2D eigenvalue weighted by atomic mass is 31.2. The summed E-state index contributed by atoms with van der Waals surface area (Å²) in [5, 5.41) is 10.9. The van der Waals surface area contributed by atoms with Gasteiger partial charge in [0.25, 0.3) is 0 Å². The van der Waals surface area contributed by atoms with Crippen molar-refractivity contribution in [2.24, 2.45) is 5.41 Å². The summed E-state index contributed by atoms with van der Waals surface area (Å²) in [7, 11) is -3.37. The van der Waals surface area contributed by atoms with Crippen LogP contribution in [0.3, 0.4) is 0 Å². The van der Waals surface area contributed by atoms with E-state index in [1.165, 1.54) is 0 Å². The number of hydrogen-bond acceptors (Lipinski definition) is 4. The standard InChI is InChI=1S/C9H21NO4P/c1-6-13-15(12,14-7-2)8(10-11)9(3,4)5/h8,10H,6-7H2,1-5H3. The first-order valence-electron chi connectivity index (χ1n) is 5.08. The Morgan fingerprint density at radius 3 is 1.80 bits per heavy atom. The lowest BCUT2D eigenvalue weighted by Crippen LogP contribution is -2.38. The van der Waals surface area contributed by atoms with Crippen molar-refractivity contribution in [3.8, 4) is 0 Å². The summed E-state index contributed by atoms with van der Waals surface area (Å²) in [5.41, 5.74) is 1.30. The van der Waals surface area contributed by atoms with Crippen LogP contribution in [0.1, 0.15) is 34.6 Å². The van der Waals surface area contributed by atoms with Gasteiger partial charge >= 0.3 is 7.60 Å². The molecule has 0 heterocycles. The Labute approximate surface area is 91.6 Å². The van der Waals surface area contributed by atoms with E-state index in [9.17, 15) is 9.77 Å². The minimum Gasteiger partial charge on any atom is -0.308 e. The molecule has 0 aromatic rings. The first-order chi connectivity index (χ1) is 6.81. The van der Waals surface area contributed by atoms with Crippen LogP contribution in [-0.2, 0) is 18.8 Å². The minimum absolute atomic E-state index is 0.255. The second kappa shape index (κ2) is 5.97. The lowest BCUT2D eigenvalue weighted by atomic mass is 9.97. The Bertz CT molecular complexity index is 217. The van der Waals surface area contributed by atoms with Gasteiger partial charge in [0.15, 0.2) is 0 Å². The molecule has 91 valence electrons. The molecule has 1 radical (unpaired) electrons. The molecule has 15 heavy (non-hydrogen) atoms. The molecule has 0 saturated carbocycles. The third kappa shape index (κ3) is 4.21. The van der Waals surface area contributed by atoms with Gasteiger partial charge < -0.3 is 9.05 Å². The lowest BCUT2D eigenvalue weighted by Gasteiger charge is -2.33. The molecule has 0 rings (SSSR count). The predicted molar refractivity (Wildman–Crippen MR) is 57.9 cm³/mol. The Hall–Kier alpha value is 0.0700. The monoisotopic (exact) mass is 238 g/mol. The number of rotatable bonds is 6. The van der Waals surface area contributed by atoms with E-state index in [0.29, 0.717) is 0 Å². The zero-order valence-electron chi connectivity index (χ0n) is 10.1. The third-order valence-corrected chi connectivity index (χ3v) is 4.61. The van der Waals surface area contributed by atoms with Crippen LogP contribution in [0.5, 0.6) is 0 Å². The van der Waals surface area contributed by atoms with E-state index in [2.05, 4.69) is 0 Å². The number of hydrogen-bond donors (Lipinski definition) is 1. The Morgan fingerprint density at radius 2 is 1.60 bits per heavy atom. The second-order valence-corrected chi connectivity index (χ2v) is 6.37. The third-order valence-electron chi connectivity index (χ3n) is 1.87. The van der Waals surface area contributed by atoms with E-state index < -0.39 is 18.8 Å². The van der Waals surface area contributed by atoms with Crippen molar-refractivity contribution >= 4 is 7.60 Å². The van der Waals surface area contributed by atoms with E-state index in [0.717, 1.165) is 0 Å². The van der Waals surface area contributed by atoms with Crippen LogP contribution >= 0.6 is 7.60 Å². The van der Waals surface area contributed by atoms with Gasteiger partial charge in [-0.15, -0.1) is 5.21 Å². The molecule has 0 spiro atoms. The number of nitrogens with one attached hydrogen (secondary N) is 1. The molecule has 1 N–H and O–H groups in total. The van der Waals surface area contributed by atoms with Crippen molar-refractivity contribution in [3.05, 3.63) is 0 Å². The summed E-state index contributed by atoms with van der Waals surface area (Å²) in [6, 6.07) is 0. The van der Waals surface area contributed by atoms with Crippen LogP contribution in [0.15, 0.2) is 0 Å². The smallest absolute Gasteiger partial charge is 0.308 e. The highest BCUT2D eigenvalue weighted by molar-refractivity contribution is 7.54. The topological polar surface area (TPSA) is 67.5 Å². The molecule has 6 heteroatoms. The molecule has 0 aliphatic carbocycles. The van der Waals surface area contributed by atoms with Crippen LogP contribution in [0, 0.1) is 5.41 Å². The van der Waals surface area contributed by atoms with E-state index in [1.54, 1.807) is 19.3 Å². The molecule has 5 nitrogen and oxygen atoms in total. The molecule has 0 aliphatic rings. The fraction of sp³-hybridized carbons (Fsp3) is 1.00. The van der Waals surface area contributed by atoms with Gasteiger partial charge in [-0.25, -0.2) is 0 Å². The molecule has 1 unspecified atom stereocenters. The zero-order chi connectivity index (χ0) is 12.1. The molecule has 0 amide bonds. The van der Waals surface area contributed by atoms with Gasteiger partial charge in [-0.3, -0.25) is 4.57 Å². The van der Waals surface area contributed by atoms with Gasteiger partial charge in [-0.1, -0.05) is 20.8 Å². The zero-order valence-corrected chi connectivity index (χ0v) is 11.0. The van der Waals surface area contributed by atoms with E-state index in [1.807, 2.05) is 20.8 Å². The largest absolute Gasteiger partial charge is 0.350 e. The lowest BCUT2D eigenvalue weighted by molar-refractivity contribution is 0.0227. The van der Waals surface area contributed by atoms with Gasteiger partial charge in [0.1, 0.15) is 5.78 Å². The molecular weight excluding hydrogens is 217 g/mol. The van der Waals surface area contributed by atoms with Gasteiger partial charge in [-0.05, 0) is 19.3 Å². The van der Waals surface area contributed by atoms with Crippen molar-refractivity contribution in [1.82, 2.24) is 5.48 Å². The van der Waals surface area contributed by atoms with Crippen LogP contribution in [-0.4, -0.2) is 19.0 Å². The maximum absolute atomic E-state index is 12.3. The fourth-order valence-corrected chi connectivity index (χ4v) is 3.43. The predicted octanol–water partition coefficient (Wildman–Crippen LogP) is 2.56. The van der Waals surface area contributed by atoms with Gasteiger partial charge in [-0.2, -0.15) is 5.48 Å². The van der Waals surface area contributed by atoms with Crippen LogP contribution in [0.4, 0.5) is 0 Å². The SMILES string of the molecule is CCOP(=O)(OCC)C(N[O])C(C)(C)C. The van der Waals surface area contributed by atoms with Gasteiger partial charge in [0.2, 0.25) is 0 Å². The highest BCUT2D eigenvalue weighted by Crippen LogP contribution is 2.57. The van der Waals surface area contributed by atoms with E-state index >= 15 is 0 Å². The quantitative estimate of drug-likeness (QED) is 0.570. The maximum atomic E-state index is 12.3. The number of hydroxylamine groups is 1.